The molecular weight excluding hydrogens is 252 g/mol. The molecule has 0 heterocycles. The van der Waals surface area contributed by atoms with Crippen molar-refractivity contribution in [2.24, 2.45) is 5.73 Å². The number of nitrogens with zero attached hydrogens (tertiary/aromatic N) is 1. The van der Waals surface area contributed by atoms with Gasteiger partial charge in [0, 0.05) is 33.2 Å². The Kier molecular flexibility index (Phi) is 8.37. The molecule has 1 aromatic carbocycles. The lowest BCUT2D eigenvalue weighted by molar-refractivity contribution is -0.130. The van der Waals surface area contributed by atoms with Crippen LogP contribution in [0.3, 0.4) is 0 Å². The van der Waals surface area contributed by atoms with Gasteiger partial charge in [-0.05, 0) is 5.56 Å². The third-order valence-electron chi connectivity index (χ3n) is 2.68. The second-order valence-corrected chi connectivity index (χ2v) is 4.03. The molecule has 0 spiro atoms. The van der Waals surface area contributed by atoms with Crippen molar-refractivity contribution in [2.75, 3.05) is 27.3 Å². The molecule has 18 heavy (non-hydrogen) atoms. The second kappa shape index (κ2) is 8.91. The molecule has 0 aliphatic carbocycles. The molecule has 0 aliphatic heterocycles. The van der Waals surface area contributed by atoms with Gasteiger partial charge in [0.15, 0.2) is 0 Å². The number of ether oxygens (including phenoxy) is 1. The van der Waals surface area contributed by atoms with Crippen LogP contribution in [0.4, 0.5) is 0 Å². The number of hydrogen-bond acceptors (Lipinski definition) is 3. The van der Waals surface area contributed by atoms with Crippen LogP contribution in [0.5, 0.6) is 0 Å². The van der Waals surface area contributed by atoms with Crippen LogP contribution in [-0.4, -0.2) is 38.1 Å². The van der Waals surface area contributed by atoms with Crippen molar-refractivity contribution in [1.29, 1.82) is 0 Å². The molecule has 1 unspecified atom stereocenters. The molecule has 1 rings (SSSR count). The van der Waals surface area contributed by atoms with E-state index < -0.39 is 0 Å². The van der Waals surface area contributed by atoms with E-state index in [4.69, 9.17) is 10.5 Å². The minimum Gasteiger partial charge on any atom is -0.383 e. The second-order valence-electron chi connectivity index (χ2n) is 4.03. The summed E-state index contributed by atoms with van der Waals surface area (Å²) in [4.78, 5) is 13.5. The molecule has 5 heteroatoms. The highest BCUT2D eigenvalue weighted by molar-refractivity contribution is 5.85. The number of amides is 1. The van der Waals surface area contributed by atoms with E-state index in [1.165, 1.54) is 0 Å². The van der Waals surface area contributed by atoms with Crippen molar-refractivity contribution >= 4 is 18.3 Å². The lowest BCUT2D eigenvalue weighted by Crippen LogP contribution is -2.32. The first-order valence-electron chi connectivity index (χ1n) is 5.68. The maximum Gasteiger partial charge on any atom is 0.224 e. The predicted octanol–water partition coefficient (Wildman–Crippen LogP) is 1.60. The molecule has 1 atom stereocenters. The van der Waals surface area contributed by atoms with Crippen LogP contribution in [-0.2, 0) is 9.53 Å². The third kappa shape index (κ3) is 5.49. The zero-order valence-corrected chi connectivity index (χ0v) is 11.7. The number of likely N-dealkylation sites (N-methyl/N-ethyl adjacent to an activating group) is 1. The smallest absolute Gasteiger partial charge is 0.224 e. The maximum atomic E-state index is 11.8. The Morgan fingerprint density at radius 2 is 2.00 bits per heavy atom. The normalized spacial score (nSPS) is 11.5. The zero-order valence-electron chi connectivity index (χ0n) is 10.8. The average Bonchev–Trinajstić information content (AvgIpc) is 2.36. The van der Waals surface area contributed by atoms with Crippen molar-refractivity contribution < 1.29 is 9.53 Å². The van der Waals surface area contributed by atoms with Gasteiger partial charge in [-0.1, -0.05) is 30.3 Å². The Balaban J connectivity index is 0.00000289. The minimum absolute atomic E-state index is 0. The highest BCUT2D eigenvalue weighted by Gasteiger charge is 2.14. The summed E-state index contributed by atoms with van der Waals surface area (Å²) in [7, 11) is 3.38. The van der Waals surface area contributed by atoms with E-state index >= 15 is 0 Å². The fourth-order valence-corrected chi connectivity index (χ4v) is 1.51. The maximum absolute atomic E-state index is 11.8. The Labute approximate surface area is 115 Å². The van der Waals surface area contributed by atoms with Crippen molar-refractivity contribution in [1.82, 2.24) is 4.90 Å². The molecule has 0 aliphatic rings. The van der Waals surface area contributed by atoms with Crippen LogP contribution < -0.4 is 5.73 Å². The van der Waals surface area contributed by atoms with E-state index in [2.05, 4.69) is 0 Å². The highest BCUT2D eigenvalue weighted by Crippen LogP contribution is 2.14. The van der Waals surface area contributed by atoms with Crippen LogP contribution in [0.15, 0.2) is 30.3 Å². The summed E-state index contributed by atoms with van der Waals surface area (Å²) >= 11 is 0. The Morgan fingerprint density at radius 3 is 2.56 bits per heavy atom. The molecule has 0 radical (unpaired) electrons. The molecule has 1 amide bonds. The van der Waals surface area contributed by atoms with Gasteiger partial charge in [-0.2, -0.15) is 0 Å². The van der Waals surface area contributed by atoms with Crippen LogP contribution in [0, 0.1) is 0 Å². The Hall–Kier alpha value is -1.10. The van der Waals surface area contributed by atoms with Crippen molar-refractivity contribution in [3.05, 3.63) is 35.9 Å². The van der Waals surface area contributed by atoms with Gasteiger partial charge in [0.2, 0.25) is 5.91 Å². The summed E-state index contributed by atoms with van der Waals surface area (Å²) in [5, 5.41) is 0. The van der Waals surface area contributed by atoms with Crippen LogP contribution in [0.25, 0.3) is 0 Å². The third-order valence-corrected chi connectivity index (χ3v) is 2.68. The number of carbonyl (C=O) groups is 1. The fourth-order valence-electron chi connectivity index (χ4n) is 1.51. The Bertz CT molecular complexity index is 346. The number of hydrogen-bond donors (Lipinski definition) is 1. The first-order valence-corrected chi connectivity index (χ1v) is 5.68. The topological polar surface area (TPSA) is 55.6 Å². The minimum atomic E-state index is -0.242. The first-order chi connectivity index (χ1) is 8.15. The molecule has 0 fully saturated rings. The average molecular weight is 273 g/mol. The van der Waals surface area contributed by atoms with E-state index in [-0.39, 0.29) is 24.4 Å². The summed E-state index contributed by atoms with van der Waals surface area (Å²) in [6, 6.07) is 9.42. The SMILES string of the molecule is COCCN(C)C(=O)CC(N)c1ccccc1.Cl. The Morgan fingerprint density at radius 1 is 1.39 bits per heavy atom. The van der Waals surface area contributed by atoms with E-state index in [1.54, 1.807) is 19.1 Å². The highest BCUT2D eigenvalue weighted by atomic mass is 35.5. The van der Waals surface area contributed by atoms with Gasteiger partial charge >= 0.3 is 0 Å². The van der Waals surface area contributed by atoms with Gasteiger partial charge in [-0.25, -0.2) is 0 Å². The monoisotopic (exact) mass is 272 g/mol. The number of halogens is 1. The van der Waals surface area contributed by atoms with E-state index in [9.17, 15) is 4.79 Å². The van der Waals surface area contributed by atoms with Gasteiger partial charge < -0.3 is 15.4 Å². The van der Waals surface area contributed by atoms with E-state index in [0.29, 0.717) is 19.6 Å². The number of methoxy groups -OCH3 is 1. The molecule has 0 bridgehead atoms. The molecule has 102 valence electrons. The number of carbonyl (C=O) groups excluding carboxylic acids is 1. The molecular formula is C13H21ClN2O2. The number of benzene rings is 1. The standard InChI is InChI=1S/C13H20N2O2.ClH/c1-15(8-9-17-2)13(16)10-12(14)11-6-4-3-5-7-11;/h3-7,12H,8-10,14H2,1-2H3;1H. The summed E-state index contributed by atoms with van der Waals surface area (Å²) < 4.78 is 4.93. The van der Waals surface area contributed by atoms with Crippen molar-refractivity contribution in [2.45, 2.75) is 12.5 Å². The summed E-state index contributed by atoms with van der Waals surface area (Å²) in [5.74, 6) is 0.0402. The lowest BCUT2D eigenvalue weighted by Gasteiger charge is -2.19. The molecule has 4 nitrogen and oxygen atoms in total. The van der Waals surface area contributed by atoms with E-state index in [0.717, 1.165) is 5.56 Å². The number of nitrogens with two attached hydrogens (primary N) is 1. The summed E-state index contributed by atoms with van der Waals surface area (Å²) in [6.07, 6.45) is 0.324. The van der Waals surface area contributed by atoms with Crippen molar-refractivity contribution in [3.8, 4) is 0 Å². The molecule has 0 saturated carbocycles. The van der Waals surface area contributed by atoms with Gasteiger partial charge in [-0.15, -0.1) is 12.4 Å². The predicted molar refractivity (Wildman–Crippen MR) is 74.7 cm³/mol. The lowest BCUT2D eigenvalue weighted by atomic mass is 10.0. The summed E-state index contributed by atoms with van der Waals surface area (Å²) in [6.45, 7) is 1.14. The largest absolute Gasteiger partial charge is 0.383 e. The van der Waals surface area contributed by atoms with Crippen LogP contribution in [0.1, 0.15) is 18.0 Å². The number of rotatable bonds is 6. The van der Waals surface area contributed by atoms with Crippen molar-refractivity contribution in [3.63, 3.8) is 0 Å². The van der Waals surface area contributed by atoms with Gasteiger partial charge in [-0.3, -0.25) is 4.79 Å². The van der Waals surface area contributed by atoms with Gasteiger partial charge in [0.25, 0.3) is 0 Å². The summed E-state index contributed by atoms with van der Waals surface area (Å²) in [5.41, 5.74) is 6.97. The molecule has 2 N–H and O–H groups in total. The van der Waals surface area contributed by atoms with Gasteiger partial charge in [0.1, 0.15) is 0 Å². The molecule has 0 aromatic heterocycles. The van der Waals surface area contributed by atoms with Gasteiger partial charge in [0.05, 0.1) is 6.61 Å². The molecule has 1 aromatic rings. The first kappa shape index (κ1) is 16.9. The van der Waals surface area contributed by atoms with Crippen LogP contribution in [0.2, 0.25) is 0 Å². The van der Waals surface area contributed by atoms with E-state index in [1.807, 2.05) is 30.3 Å². The molecule has 0 saturated heterocycles. The zero-order chi connectivity index (χ0) is 12.7. The van der Waals surface area contributed by atoms with Crippen LogP contribution >= 0.6 is 12.4 Å². The fraction of sp³-hybridized carbons (Fsp3) is 0.462. The quantitative estimate of drug-likeness (QED) is 0.856.